The summed E-state index contributed by atoms with van der Waals surface area (Å²) in [5.74, 6) is 0.629. The summed E-state index contributed by atoms with van der Waals surface area (Å²) in [7, 11) is 2.72. The average Bonchev–Trinajstić information content (AvgIpc) is 2.50. The summed E-state index contributed by atoms with van der Waals surface area (Å²) in [5.41, 5.74) is 1.49. The number of halogens is 3. The molecule has 0 saturated heterocycles. The molecule has 7 heteroatoms. The minimum atomic E-state index is -4.44. The minimum Gasteiger partial charge on any atom is -0.497 e. The Kier molecular flexibility index (Phi) is 4.63. The Morgan fingerprint density at radius 3 is 2.68 bits per heavy atom. The number of carbonyl (C=O) groups is 1. The van der Waals surface area contributed by atoms with Gasteiger partial charge in [-0.3, -0.25) is 4.90 Å². The predicted molar refractivity (Wildman–Crippen MR) is 73.7 cm³/mol. The maximum absolute atomic E-state index is 12.5. The summed E-state index contributed by atoms with van der Waals surface area (Å²) in [4.78, 5) is 13.1. The fourth-order valence-corrected chi connectivity index (χ4v) is 2.49. The van der Waals surface area contributed by atoms with Crippen LogP contribution in [0, 0.1) is 0 Å². The van der Waals surface area contributed by atoms with Gasteiger partial charge in [0.05, 0.1) is 20.3 Å². The molecule has 1 heterocycles. The highest BCUT2D eigenvalue weighted by atomic mass is 19.4. The molecule has 4 nitrogen and oxygen atoms in total. The molecule has 2 rings (SSSR count). The van der Waals surface area contributed by atoms with E-state index >= 15 is 0 Å². The average molecular weight is 315 g/mol. The largest absolute Gasteiger partial charge is 0.497 e. The van der Waals surface area contributed by atoms with E-state index in [-0.39, 0.29) is 12.6 Å². The lowest BCUT2D eigenvalue weighted by atomic mass is 9.92. The zero-order valence-electron chi connectivity index (χ0n) is 12.2. The molecule has 1 aliphatic heterocycles. The lowest BCUT2D eigenvalue weighted by molar-refractivity contribution is -0.0804. The van der Waals surface area contributed by atoms with Crippen LogP contribution in [0.5, 0.6) is 5.75 Å². The molecule has 0 N–H and O–H groups in total. The summed E-state index contributed by atoms with van der Waals surface area (Å²) in [6.45, 7) is 0.277. The van der Waals surface area contributed by atoms with Crippen LogP contribution >= 0.6 is 0 Å². The van der Waals surface area contributed by atoms with Crippen LogP contribution in [0.3, 0.4) is 0 Å². The highest BCUT2D eigenvalue weighted by Crippen LogP contribution is 2.34. The first-order valence-electron chi connectivity index (χ1n) is 6.63. The number of hydrogen-bond donors (Lipinski definition) is 0. The van der Waals surface area contributed by atoms with Crippen molar-refractivity contribution in [3.05, 3.63) is 41.5 Å². The highest BCUT2D eigenvalue weighted by Gasteiger charge is 2.32. The number of benzene rings is 1. The molecule has 0 bridgehead atoms. The maximum Gasteiger partial charge on any atom is 0.410 e. The van der Waals surface area contributed by atoms with Crippen LogP contribution in [0.4, 0.5) is 18.0 Å². The summed E-state index contributed by atoms with van der Waals surface area (Å²) >= 11 is 0. The van der Waals surface area contributed by atoms with Crippen molar-refractivity contribution >= 4 is 6.09 Å². The Balaban J connectivity index is 2.42. The molecular formula is C15H16F3NO3. The molecule has 1 amide bonds. The van der Waals surface area contributed by atoms with Gasteiger partial charge in [-0.2, -0.15) is 13.2 Å². The standard InChI is InChI=1S/C15H16F3NO3/c1-21-11-3-4-12-10(9-11)6-8-19(14(20)22-2)13(12)5-7-15(16,17)18/h3-5,7,9,13H,6,8H2,1-2H3/b7-5+. The van der Waals surface area contributed by atoms with Crippen LogP contribution in [0.2, 0.25) is 0 Å². The molecule has 120 valence electrons. The lowest BCUT2D eigenvalue weighted by Gasteiger charge is -2.34. The Morgan fingerprint density at radius 1 is 1.36 bits per heavy atom. The van der Waals surface area contributed by atoms with Crippen molar-refractivity contribution in [1.29, 1.82) is 0 Å². The second kappa shape index (κ2) is 6.29. The SMILES string of the molecule is COC(=O)N1CCc2cc(OC)ccc2C1/C=C/C(F)(F)F. The van der Waals surface area contributed by atoms with Crippen molar-refractivity contribution in [2.45, 2.75) is 18.6 Å². The molecule has 1 aromatic carbocycles. The van der Waals surface area contributed by atoms with E-state index in [2.05, 4.69) is 4.74 Å². The molecule has 0 aromatic heterocycles. The van der Waals surface area contributed by atoms with Gasteiger partial charge in [0.15, 0.2) is 0 Å². The van der Waals surface area contributed by atoms with Crippen molar-refractivity contribution in [1.82, 2.24) is 4.90 Å². The van der Waals surface area contributed by atoms with Crippen molar-refractivity contribution in [2.75, 3.05) is 20.8 Å². The monoisotopic (exact) mass is 315 g/mol. The van der Waals surface area contributed by atoms with Crippen LogP contribution in [-0.2, 0) is 11.2 Å². The fourth-order valence-electron chi connectivity index (χ4n) is 2.49. The molecule has 22 heavy (non-hydrogen) atoms. The van der Waals surface area contributed by atoms with E-state index in [1.165, 1.54) is 19.1 Å². The Labute approximate surface area is 126 Å². The lowest BCUT2D eigenvalue weighted by Crippen LogP contribution is -2.39. The topological polar surface area (TPSA) is 38.8 Å². The maximum atomic E-state index is 12.5. The molecule has 1 aromatic rings. The minimum absolute atomic E-state index is 0.146. The van der Waals surface area contributed by atoms with Crippen molar-refractivity contribution in [3.8, 4) is 5.75 Å². The number of carbonyl (C=O) groups excluding carboxylic acids is 1. The highest BCUT2D eigenvalue weighted by molar-refractivity contribution is 5.69. The number of ether oxygens (including phenoxy) is 2. The molecule has 0 fully saturated rings. The number of methoxy groups -OCH3 is 2. The summed E-state index contributed by atoms with van der Waals surface area (Å²) in [6.07, 6.45) is -3.45. The van der Waals surface area contributed by atoms with Gasteiger partial charge < -0.3 is 9.47 Å². The number of fused-ring (bicyclic) bond motifs is 1. The first kappa shape index (κ1) is 16.2. The molecule has 1 atom stereocenters. The number of alkyl halides is 3. The third-order valence-electron chi connectivity index (χ3n) is 3.50. The van der Waals surface area contributed by atoms with Crippen LogP contribution in [0.1, 0.15) is 17.2 Å². The van der Waals surface area contributed by atoms with E-state index in [9.17, 15) is 18.0 Å². The van der Waals surface area contributed by atoms with Gasteiger partial charge in [-0.05, 0) is 29.7 Å². The molecular weight excluding hydrogens is 299 g/mol. The predicted octanol–water partition coefficient (Wildman–Crippen LogP) is 3.48. The van der Waals surface area contributed by atoms with Crippen LogP contribution in [0.15, 0.2) is 30.4 Å². The zero-order valence-corrected chi connectivity index (χ0v) is 12.2. The number of nitrogens with zero attached hydrogens (tertiary/aromatic N) is 1. The number of rotatable bonds is 2. The van der Waals surface area contributed by atoms with Gasteiger partial charge in [-0.1, -0.05) is 12.1 Å². The van der Waals surface area contributed by atoms with Gasteiger partial charge in [-0.15, -0.1) is 0 Å². The molecule has 1 aliphatic rings. The van der Waals surface area contributed by atoms with E-state index in [1.54, 1.807) is 18.2 Å². The van der Waals surface area contributed by atoms with E-state index in [0.717, 1.165) is 11.6 Å². The quantitative estimate of drug-likeness (QED) is 0.784. The first-order chi connectivity index (χ1) is 10.4. The summed E-state index contributed by atoms with van der Waals surface area (Å²) in [5, 5.41) is 0. The van der Waals surface area contributed by atoms with Crippen molar-refractivity contribution < 1.29 is 27.4 Å². The zero-order chi connectivity index (χ0) is 16.3. The second-order valence-corrected chi connectivity index (χ2v) is 4.82. The first-order valence-corrected chi connectivity index (χ1v) is 6.63. The number of amides is 1. The van der Waals surface area contributed by atoms with Crippen LogP contribution < -0.4 is 4.74 Å². The van der Waals surface area contributed by atoms with E-state index in [4.69, 9.17) is 4.74 Å². The van der Waals surface area contributed by atoms with E-state index < -0.39 is 18.3 Å². The molecule has 0 aliphatic carbocycles. The molecule has 1 unspecified atom stereocenters. The smallest absolute Gasteiger partial charge is 0.410 e. The van der Waals surface area contributed by atoms with Gasteiger partial charge in [-0.25, -0.2) is 4.79 Å². The molecule has 0 spiro atoms. The Morgan fingerprint density at radius 2 is 2.09 bits per heavy atom. The third kappa shape index (κ3) is 3.52. The second-order valence-electron chi connectivity index (χ2n) is 4.82. The van der Waals surface area contributed by atoms with E-state index in [1.807, 2.05) is 0 Å². The van der Waals surface area contributed by atoms with Crippen LogP contribution in [-0.4, -0.2) is 37.9 Å². The summed E-state index contributed by atoms with van der Waals surface area (Å²) < 4.78 is 47.2. The van der Waals surface area contributed by atoms with Gasteiger partial charge in [0, 0.05) is 12.6 Å². The fraction of sp³-hybridized carbons (Fsp3) is 0.400. The van der Waals surface area contributed by atoms with Crippen LogP contribution in [0.25, 0.3) is 0 Å². The molecule has 0 radical (unpaired) electrons. The van der Waals surface area contributed by atoms with Gasteiger partial charge in [0.2, 0.25) is 0 Å². The van der Waals surface area contributed by atoms with Gasteiger partial charge in [0.1, 0.15) is 5.75 Å². The number of allylic oxidation sites excluding steroid dienone is 1. The van der Waals surface area contributed by atoms with E-state index in [0.29, 0.717) is 17.7 Å². The van der Waals surface area contributed by atoms with Crippen molar-refractivity contribution in [2.24, 2.45) is 0 Å². The van der Waals surface area contributed by atoms with Gasteiger partial charge >= 0.3 is 12.3 Å². The Hall–Kier alpha value is -2.18. The number of hydrogen-bond acceptors (Lipinski definition) is 3. The summed E-state index contributed by atoms with van der Waals surface area (Å²) in [6, 6.07) is 4.30. The third-order valence-corrected chi connectivity index (χ3v) is 3.50. The molecule has 0 saturated carbocycles. The van der Waals surface area contributed by atoms with Gasteiger partial charge in [0.25, 0.3) is 0 Å². The van der Waals surface area contributed by atoms with Crippen molar-refractivity contribution in [3.63, 3.8) is 0 Å². The normalized spacial score (nSPS) is 18.2. The Bertz CT molecular complexity index is 584.